The Hall–Kier alpha value is -2.11. The molecule has 0 aliphatic heterocycles. The fourth-order valence-corrected chi connectivity index (χ4v) is 3.16. The molecule has 0 fully saturated rings. The summed E-state index contributed by atoms with van der Waals surface area (Å²) in [6.07, 6.45) is 0. The third-order valence-corrected chi connectivity index (χ3v) is 4.65. The van der Waals surface area contributed by atoms with Gasteiger partial charge in [0.15, 0.2) is 5.13 Å². The molecule has 22 heavy (non-hydrogen) atoms. The van der Waals surface area contributed by atoms with E-state index in [2.05, 4.69) is 10.3 Å². The van der Waals surface area contributed by atoms with Crippen molar-refractivity contribution in [1.29, 1.82) is 0 Å². The number of aromatic nitrogens is 1. The number of anilines is 1. The number of rotatable bonds is 3. The zero-order valence-electron chi connectivity index (χ0n) is 12.0. The number of carbonyl (C=O) groups is 1. The SMILES string of the molecule is COc1cccc(C(=O)Nc2nc3c(C)c(Cl)ccc3s2)c1. The number of nitrogens with one attached hydrogen (secondary N) is 1. The number of nitrogens with zero attached hydrogens (tertiary/aromatic N) is 1. The molecule has 3 rings (SSSR count). The van der Waals surface area contributed by atoms with Gasteiger partial charge in [0.25, 0.3) is 5.91 Å². The van der Waals surface area contributed by atoms with Gasteiger partial charge < -0.3 is 4.74 Å². The van der Waals surface area contributed by atoms with E-state index < -0.39 is 0 Å². The number of fused-ring (bicyclic) bond motifs is 1. The average molecular weight is 333 g/mol. The highest BCUT2D eigenvalue weighted by Gasteiger charge is 2.12. The monoisotopic (exact) mass is 332 g/mol. The zero-order valence-corrected chi connectivity index (χ0v) is 13.6. The second-order valence-electron chi connectivity index (χ2n) is 4.72. The van der Waals surface area contributed by atoms with Crippen LogP contribution in [0.25, 0.3) is 10.2 Å². The van der Waals surface area contributed by atoms with Crippen LogP contribution in [-0.2, 0) is 0 Å². The average Bonchev–Trinajstić information content (AvgIpc) is 2.94. The van der Waals surface area contributed by atoms with Crippen molar-refractivity contribution in [2.45, 2.75) is 6.92 Å². The predicted octanol–water partition coefficient (Wildman–Crippen LogP) is 4.52. The number of amides is 1. The Balaban J connectivity index is 1.89. The van der Waals surface area contributed by atoms with Gasteiger partial charge in [0, 0.05) is 10.6 Å². The highest BCUT2D eigenvalue weighted by atomic mass is 35.5. The Bertz CT molecular complexity index is 860. The lowest BCUT2D eigenvalue weighted by Gasteiger charge is -2.04. The van der Waals surface area contributed by atoms with Crippen LogP contribution in [-0.4, -0.2) is 18.0 Å². The van der Waals surface area contributed by atoms with E-state index in [-0.39, 0.29) is 5.91 Å². The van der Waals surface area contributed by atoms with Crippen LogP contribution in [0.5, 0.6) is 5.75 Å². The van der Waals surface area contributed by atoms with Gasteiger partial charge in [-0.3, -0.25) is 10.1 Å². The number of aryl methyl sites for hydroxylation is 1. The first-order chi connectivity index (χ1) is 10.6. The van der Waals surface area contributed by atoms with Crippen LogP contribution in [0.2, 0.25) is 5.02 Å². The van der Waals surface area contributed by atoms with Crippen LogP contribution >= 0.6 is 22.9 Å². The number of carbonyl (C=O) groups excluding carboxylic acids is 1. The molecule has 2 aromatic carbocycles. The lowest BCUT2D eigenvalue weighted by Crippen LogP contribution is -2.11. The molecular weight excluding hydrogens is 320 g/mol. The van der Waals surface area contributed by atoms with Crippen molar-refractivity contribution in [2.75, 3.05) is 12.4 Å². The minimum atomic E-state index is -0.221. The molecule has 0 radical (unpaired) electrons. The molecule has 0 aliphatic carbocycles. The molecule has 0 aliphatic rings. The number of methoxy groups -OCH3 is 1. The number of ether oxygens (including phenoxy) is 1. The Morgan fingerprint density at radius 3 is 2.91 bits per heavy atom. The number of hydrogen-bond acceptors (Lipinski definition) is 4. The lowest BCUT2D eigenvalue weighted by atomic mass is 10.2. The van der Waals surface area contributed by atoms with E-state index in [9.17, 15) is 4.79 Å². The van der Waals surface area contributed by atoms with Crippen LogP contribution < -0.4 is 10.1 Å². The third kappa shape index (κ3) is 2.77. The molecule has 0 bridgehead atoms. The van der Waals surface area contributed by atoms with E-state index in [0.717, 1.165) is 15.8 Å². The summed E-state index contributed by atoms with van der Waals surface area (Å²) in [4.78, 5) is 16.7. The molecule has 3 aromatic rings. The van der Waals surface area contributed by atoms with E-state index in [4.69, 9.17) is 16.3 Å². The molecule has 112 valence electrons. The van der Waals surface area contributed by atoms with E-state index in [1.807, 2.05) is 19.1 Å². The van der Waals surface area contributed by atoms with Gasteiger partial charge in [-0.1, -0.05) is 29.0 Å². The van der Waals surface area contributed by atoms with E-state index in [1.165, 1.54) is 11.3 Å². The van der Waals surface area contributed by atoms with Gasteiger partial charge >= 0.3 is 0 Å². The fraction of sp³-hybridized carbons (Fsp3) is 0.125. The van der Waals surface area contributed by atoms with Crippen molar-refractivity contribution < 1.29 is 9.53 Å². The molecule has 0 unspecified atom stereocenters. The molecule has 0 atom stereocenters. The molecule has 1 N–H and O–H groups in total. The van der Waals surface area contributed by atoms with Crippen LogP contribution in [0.3, 0.4) is 0 Å². The largest absolute Gasteiger partial charge is 0.497 e. The summed E-state index contributed by atoms with van der Waals surface area (Å²) in [5.74, 6) is 0.418. The third-order valence-electron chi connectivity index (χ3n) is 3.30. The Kier molecular flexibility index (Phi) is 4.00. The van der Waals surface area contributed by atoms with Gasteiger partial charge in [0.2, 0.25) is 0 Å². The maximum atomic E-state index is 12.3. The first-order valence-corrected chi connectivity index (χ1v) is 7.79. The minimum absolute atomic E-state index is 0.221. The molecule has 1 amide bonds. The summed E-state index contributed by atoms with van der Waals surface area (Å²) in [6, 6.07) is 10.7. The van der Waals surface area contributed by atoms with Crippen LogP contribution in [0.15, 0.2) is 36.4 Å². The molecule has 6 heteroatoms. The number of halogens is 1. The maximum Gasteiger partial charge on any atom is 0.257 e. The smallest absolute Gasteiger partial charge is 0.257 e. The quantitative estimate of drug-likeness (QED) is 0.767. The van der Waals surface area contributed by atoms with Crippen molar-refractivity contribution in [1.82, 2.24) is 4.98 Å². The van der Waals surface area contributed by atoms with Gasteiger partial charge in [0.1, 0.15) is 5.75 Å². The first kappa shape index (κ1) is 14.8. The summed E-state index contributed by atoms with van der Waals surface area (Å²) < 4.78 is 6.11. The Morgan fingerprint density at radius 1 is 1.32 bits per heavy atom. The van der Waals surface area contributed by atoms with Gasteiger partial charge in [-0.25, -0.2) is 4.98 Å². The van der Waals surface area contributed by atoms with Crippen molar-refractivity contribution in [3.63, 3.8) is 0 Å². The topological polar surface area (TPSA) is 51.2 Å². The van der Waals surface area contributed by atoms with Crippen LogP contribution in [0.4, 0.5) is 5.13 Å². The summed E-state index contributed by atoms with van der Waals surface area (Å²) in [5, 5.41) is 4.03. The Morgan fingerprint density at radius 2 is 2.14 bits per heavy atom. The Labute approximate surface area is 136 Å². The normalized spacial score (nSPS) is 10.7. The second kappa shape index (κ2) is 5.94. The minimum Gasteiger partial charge on any atom is -0.497 e. The summed E-state index contributed by atoms with van der Waals surface area (Å²) in [5.41, 5.74) is 2.25. The number of thiazole rings is 1. The second-order valence-corrected chi connectivity index (χ2v) is 6.16. The van der Waals surface area contributed by atoms with Gasteiger partial charge in [0.05, 0.1) is 17.3 Å². The van der Waals surface area contributed by atoms with Crippen molar-refractivity contribution in [3.8, 4) is 5.75 Å². The van der Waals surface area contributed by atoms with E-state index in [1.54, 1.807) is 31.4 Å². The molecular formula is C16H13ClN2O2S. The molecule has 1 aromatic heterocycles. The first-order valence-electron chi connectivity index (χ1n) is 6.59. The van der Waals surface area contributed by atoms with E-state index >= 15 is 0 Å². The number of hydrogen-bond donors (Lipinski definition) is 1. The van der Waals surface area contributed by atoms with Gasteiger partial charge in [-0.2, -0.15) is 0 Å². The maximum absolute atomic E-state index is 12.3. The molecule has 0 saturated carbocycles. The highest BCUT2D eigenvalue weighted by Crippen LogP contribution is 2.31. The summed E-state index contributed by atoms with van der Waals surface area (Å²) in [6.45, 7) is 1.91. The number of benzene rings is 2. The molecule has 1 heterocycles. The molecule has 0 saturated heterocycles. The standard InChI is InChI=1S/C16H13ClN2O2S/c1-9-12(17)6-7-13-14(9)18-16(22-13)19-15(20)10-4-3-5-11(8-10)21-2/h3-8H,1-2H3,(H,18,19,20). The zero-order chi connectivity index (χ0) is 15.7. The van der Waals surface area contributed by atoms with Gasteiger partial charge in [-0.05, 0) is 42.8 Å². The highest BCUT2D eigenvalue weighted by molar-refractivity contribution is 7.22. The molecule has 0 spiro atoms. The predicted molar refractivity (Wildman–Crippen MR) is 90.3 cm³/mol. The fourth-order valence-electron chi connectivity index (χ4n) is 2.09. The molecule has 4 nitrogen and oxygen atoms in total. The summed E-state index contributed by atoms with van der Waals surface area (Å²) in [7, 11) is 1.57. The van der Waals surface area contributed by atoms with Crippen LogP contribution in [0, 0.1) is 6.92 Å². The van der Waals surface area contributed by atoms with Crippen LogP contribution in [0.1, 0.15) is 15.9 Å². The van der Waals surface area contributed by atoms with Crippen molar-refractivity contribution >= 4 is 44.2 Å². The van der Waals surface area contributed by atoms with Crippen molar-refractivity contribution in [2.24, 2.45) is 0 Å². The summed E-state index contributed by atoms with van der Waals surface area (Å²) >= 11 is 7.52. The van der Waals surface area contributed by atoms with Gasteiger partial charge in [-0.15, -0.1) is 0 Å². The lowest BCUT2D eigenvalue weighted by molar-refractivity contribution is 0.102. The van der Waals surface area contributed by atoms with Crippen molar-refractivity contribution in [3.05, 3.63) is 52.5 Å². The van der Waals surface area contributed by atoms with E-state index in [0.29, 0.717) is 21.5 Å².